The van der Waals surface area contributed by atoms with E-state index in [4.69, 9.17) is 7.85 Å². The van der Waals surface area contributed by atoms with Crippen molar-refractivity contribution >= 4 is 34.9 Å². The highest BCUT2D eigenvalue weighted by Gasteiger charge is 2.41. The largest absolute Gasteiger partial charge is 0.388 e. The Balaban J connectivity index is 1.73. The molecule has 0 amide bonds. The standard InChI is InChI=1S/C20H26BF2N5O4S/c1-19(30)7-3-4-15(19)28-16-12(10-14(17(28)29)20(21,22)23)11-24-18(26-16)25-13-5-8-27(9-6-13)33(2,31)32/h10-11,13,15,30H,3-9H2,1-2H3,(H,24,25,26)/t15-,19-/m1/s1. The first-order chi connectivity index (χ1) is 15.3. The second kappa shape index (κ2) is 8.28. The number of alkyl halides is 2. The molecule has 0 unspecified atom stereocenters. The Hall–Kier alpha value is -2.12. The zero-order valence-electron chi connectivity index (χ0n) is 18.5. The van der Waals surface area contributed by atoms with Gasteiger partial charge in [0, 0.05) is 30.7 Å². The lowest BCUT2D eigenvalue weighted by Crippen LogP contribution is -2.42. The second-order valence-electron chi connectivity index (χ2n) is 9.17. The van der Waals surface area contributed by atoms with Crippen LogP contribution >= 0.6 is 0 Å². The number of aromatic nitrogens is 3. The third-order valence-corrected chi connectivity index (χ3v) is 7.88. The average molecular weight is 481 g/mol. The molecule has 2 aliphatic rings. The maximum atomic E-state index is 14.0. The van der Waals surface area contributed by atoms with E-state index in [1.54, 1.807) is 6.92 Å². The number of aliphatic hydroxyl groups is 1. The van der Waals surface area contributed by atoms with E-state index < -0.39 is 38.6 Å². The van der Waals surface area contributed by atoms with Crippen LogP contribution in [0.15, 0.2) is 17.1 Å². The van der Waals surface area contributed by atoms with Gasteiger partial charge in [0.05, 0.1) is 23.5 Å². The number of hydrogen-bond acceptors (Lipinski definition) is 7. The summed E-state index contributed by atoms with van der Waals surface area (Å²) in [7, 11) is 1.71. The van der Waals surface area contributed by atoms with Crippen molar-refractivity contribution in [3.8, 4) is 0 Å². The van der Waals surface area contributed by atoms with Crippen LogP contribution in [0.2, 0.25) is 0 Å². The number of fused-ring (bicyclic) bond motifs is 1. The molecule has 2 aromatic heterocycles. The van der Waals surface area contributed by atoms with Crippen molar-refractivity contribution in [2.24, 2.45) is 0 Å². The van der Waals surface area contributed by atoms with Crippen molar-refractivity contribution in [1.82, 2.24) is 18.8 Å². The SMILES string of the molecule is [B]C(F)(F)c1cc2cnc(NC3CCN(S(C)(=O)=O)CC3)nc2n([C@@H]2CCC[C@@]2(C)O)c1=O. The van der Waals surface area contributed by atoms with Crippen LogP contribution in [-0.2, 0) is 15.8 Å². The molecule has 0 bridgehead atoms. The second-order valence-corrected chi connectivity index (χ2v) is 11.2. The van der Waals surface area contributed by atoms with E-state index in [-0.39, 0.29) is 23.0 Å². The lowest BCUT2D eigenvalue weighted by molar-refractivity contribution is 0.0256. The molecule has 0 aromatic carbocycles. The minimum atomic E-state index is -3.86. The van der Waals surface area contributed by atoms with Gasteiger partial charge in [-0.1, -0.05) is 0 Å². The third kappa shape index (κ3) is 4.76. The summed E-state index contributed by atoms with van der Waals surface area (Å²) in [6, 6.07) is 0.157. The van der Waals surface area contributed by atoms with Crippen LogP contribution in [0.5, 0.6) is 0 Å². The molecule has 1 aliphatic heterocycles. The van der Waals surface area contributed by atoms with Gasteiger partial charge in [-0.05, 0) is 45.1 Å². The highest BCUT2D eigenvalue weighted by molar-refractivity contribution is 7.88. The number of piperidine rings is 1. The van der Waals surface area contributed by atoms with Crippen molar-refractivity contribution < 1.29 is 22.3 Å². The van der Waals surface area contributed by atoms with Gasteiger partial charge in [-0.15, -0.1) is 0 Å². The zero-order valence-corrected chi connectivity index (χ0v) is 19.3. The highest BCUT2D eigenvalue weighted by Crippen LogP contribution is 2.40. The molecule has 0 spiro atoms. The van der Waals surface area contributed by atoms with E-state index in [1.165, 1.54) is 16.8 Å². The van der Waals surface area contributed by atoms with Gasteiger partial charge in [0.25, 0.3) is 5.56 Å². The lowest BCUT2D eigenvalue weighted by Gasteiger charge is -2.31. The Morgan fingerprint density at radius 2 is 1.97 bits per heavy atom. The topological polar surface area (TPSA) is 117 Å². The number of rotatable bonds is 5. The normalized spacial score (nSPS) is 25.5. The Labute approximate surface area is 191 Å². The van der Waals surface area contributed by atoms with Crippen LogP contribution < -0.4 is 10.9 Å². The van der Waals surface area contributed by atoms with Gasteiger partial charge in [0.2, 0.25) is 21.8 Å². The number of nitrogens with zero attached hydrogens (tertiary/aromatic N) is 4. The van der Waals surface area contributed by atoms with Crippen molar-refractivity contribution in [3.63, 3.8) is 0 Å². The molecule has 33 heavy (non-hydrogen) atoms. The molecule has 1 saturated heterocycles. The summed E-state index contributed by atoms with van der Waals surface area (Å²) in [5.74, 6) is -3.67. The van der Waals surface area contributed by atoms with Crippen molar-refractivity contribution in [2.75, 3.05) is 24.7 Å². The Morgan fingerprint density at radius 1 is 1.30 bits per heavy atom. The van der Waals surface area contributed by atoms with E-state index >= 15 is 0 Å². The number of halogens is 2. The number of nitrogens with one attached hydrogen (secondary N) is 1. The molecule has 13 heteroatoms. The molecule has 1 aliphatic carbocycles. The maximum Gasteiger partial charge on any atom is 0.260 e. The van der Waals surface area contributed by atoms with E-state index in [9.17, 15) is 27.1 Å². The summed E-state index contributed by atoms with van der Waals surface area (Å²) in [6.07, 6.45) is 5.06. The number of anilines is 1. The Bertz CT molecular complexity index is 1220. The first-order valence-electron chi connectivity index (χ1n) is 10.8. The van der Waals surface area contributed by atoms with E-state index in [0.717, 1.165) is 10.6 Å². The van der Waals surface area contributed by atoms with Crippen molar-refractivity contribution in [3.05, 3.63) is 28.2 Å². The summed E-state index contributed by atoms with van der Waals surface area (Å²) in [6.45, 7) is 2.29. The maximum absolute atomic E-state index is 14.0. The number of pyridine rings is 1. The van der Waals surface area contributed by atoms with Crippen LogP contribution in [0.1, 0.15) is 50.6 Å². The monoisotopic (exact) mass is 481 g/mol. The summed E-state index contributed by atoms with van der Waals surface area (Å²) < 4.78 is 54.0. The molecule has 2 N–H and O–H groups in total. The van der Waals surface area contributed by atoms with Gasteiger partial charge in [0.15, 0.2) is 7.85 Å². The van der Waals surface area contributed by atoms with Crippen LogP contribution in [-0.4, -0.2) is 71.2 Å². The van der Waals surface area contributed by atoms with Crippen molar-refractivity contribution in [2.45, 2.75) is 62.5 Å². The molecule has 2 radical (unpaired) electrons. The van der Waals surface area contributed by atoms with Crippen LogP contribution in [0.3, 0.4) is 0 Å². The van der Waals surface area contributed by atoms with Crippen LogP contribution in [0.4, 0.5) is 14.7 Å². The minimum absolute atomic E-state index is 0.0946. The quantitative estimate of drug-likeness (QED) is 0.619. The third-order valence-electron chi connectivity index (χ3n) is 6.58. The predicted octanol–water partition coefficient (Wildman–Crippen LogP) is 1.32. The molecule has 9 nitrogen and oxygen atoms in total. The zero-order chi connectivity index (χ0) is 24.2. The summed E-state index contributed by atoms with van der Waals surface area (Å²) >= 11 is 0. The smallest absolute Gasteiger partial charge is 0.260 e. The van der Waals surface area contributed by atoms with Gasteiger partial charge in [0.1, 0.15) is 5.65 Å². The van der Waals surface area contributed by atoms with Gasteiger partial charge >= 0.3 is 0 Å². The predicted molar refractivity (Wildman–Crippen MR) is 120 cm³/mol. The van der Waals surface area contributed by atoms with E-state index in [1.807, 2.05) is 0 Å². The number of hydrogen-bond donors (Lipinski definition) is 2. The molecular weight excluding hydrogens is 455 g/mol. The fraction of sp³-hybridized carbons (Fsp3) is 0.650. The molecule has 2 aromatic rings. The fourth-order valence-corrected chi connectivity index (χ4v) is 5.64. The highest BCUT2D eigenvalue weighted by atomic mass is 32.2. The van der Waals surface area contributed by atoms with Gasteiger partial charge in [-0.2, -0.15) is 4.98 Å². The molecule has 1 saturated carbocycles. The van der Waals surface area contributed by atoms with Gasteiger partial charge < -0.3 is 10.4 Å². The van der Waals surface area contributed by atoms with Gasteiger partial charge in [-0.3, -0.25) is 9.36 Å². The lowest BCUT2D eigenvalue weighted by atomic mass is 9.90. The van der Waals surface area contributed by atoms with E-state index in [0.29, 0.717) is 45.2 Å². The molecule has 4 rings (SSSR count). The Kier molecular flexibility index (Phi) is 6.03. The van der Waals surface area contributed by atoms with Crippen LogP contribution in [0, 0.1) is 0 Å². The minimum Gasteiger partial charge on any atom is -0.388 e. The summed E-state index contributed by atoms with van der Waals surface area (Å²) in [5, 5.41) is 14.2. The van der Waals surface area contributed by atoms with E-state index in [2.05, 4.69) is 15.3 Å². The molecular formula is C20H26BF2N5O4S. The molecule has 2 atom stereocenters. The van der Waals surface area contributed by atoms with Crippen molar-refractivity contribution in [1.29, 1.82) is 0 Å². The van der Waals surface area contributed by atoms with Gasteiger partial charge in [-0.25, -0.2) is 26.5 Å². The number of sulfonamides is 1. The Morgan fingerprint density at radius 3 is 2.52 bits per heavy atom. The first-order valence-corrected chi connectivity index (χ1v) is 12.7. The summed E-state index contributed by atoms with van der Waals surface area (Å²) in [5.41, 5.74) is -3.01. The molecule has 3 heterocycles. The first kappa shape index (κ1) is 24.0. The average Bonchev–Trinajstić information content (AvgIpc) is 3.05. The molecule has 2 fully saturated rings. The fourth-order valence-electron chi connectivity index (χ4n) is 4.77. The molecule has 178 valence electrons. The van der Waals surface area contributed by atoms with Crippen LogP contribution in [0.25, 0.3) is 11.0 Å². The summed E-state index contributed by atoms with van der Waals surface area (Å²) in [4.78, 5) is 21.7.